The maximum atomic E-state index is 12.8. The molecule has 1 saturated carbocycles. The summed E-state index contributed by atoms with van der Waals surface area (Å²) < 4.78 is 11.5. The molecular weight excluding hydrogens is 672 g/mol. The zero-order chi connectivity index (χ0) is 36.9. The summed E-state index contributed by atoms with van der Waals surface area (Å²) in [6.07, 6.45) is 8.93. The summed E-state index contributed by atoms with van der Waals surface area (Å²) in [7, 11) is 1.64. The highest BCUT2D eigenvalue weighted by molar-refractivity contribution is 6.02. The summed E-state index contributed by atoms with van der Waals surface area (Å²) in [6, 6.07) is 14.4. The number of amides is 1. The van der Waals surface area contributed by atoms with Crippen molar-refractivity contribution in [2.45, 2.75) is 76.6 Å². The molecule has 7 rings (SSSR count). The quantitative estimate of drug-likeness (QED) is 0.160. The highest BCUT2D eigenvalue weighted by atomic mass is 16.7. The Kier molecular flexibility index (Phi) is 11.4. The van der Waals surface area contributed by atoms with E-state index in [0.717, 1.165) is 62.7 Å². The summed E-state index contributed by atoms with van der Waals surface area (Å²) in [4.78, 5) is 48.2. The number of anilines is 5. The molecule has 2 aromatic carbocycles. The van der Waals surface area contributed by atoms with E-state index >= 15 is 0 Å². The maximum absolute atomic E-state index is 12.8. The monoisotopic (exact) mass is 724 g/mol. The lowest BCUT2D eigenvalue weighted by Gasteiger charge is -2.43. The number of carbonyl (C=O) groups excluding carboxylic acids is 2. The van der Waals surface area contributed by atoms with E-state index in [4.69, 9.17) is 14.3 Å². The van der Waals surface area contributed by atoms with E-state index in [1.807, 2.05) is 50.2 Å². The fourth-order valence-electron chi connectivity index (χ4n) is 7.64. The molecule has 53 heavy (non-hydrogen) atoms. The molecule has 0 radical (unpaired) electrons. The first kappa shape index (κ1) is 36.6. The number of hydrogen-bond donors (Lipinski definition) is 2. The fraction of sp³-hybridized carbons (Fsp3) is 0.500. The van der Waals surface area contributed by atoms with Gasteiger partial charge in [-0.3, -0.25) is 19.4 Å². The molecule has 1 unspecified atom stereocenters. The molecule has 4 fully saturated rings. The number of ether oxygens (including phenoxy) is 2. The number of carbonyl (C=O) groups is 2. The van der Waals surface area contributed by atoms with Crippen LogP contribution in [-0.2, 0) is 14.4 Å². The van der Waals surface area contributed by atoms with Crippen LogP contribution >= 0.6 is 0 Å². The highest BCUT2D eigenvalue weighted by Gasteiger charge is 2.34. The Hall–Kier alpha value is -4.72. The van der Waals surface area contributed by atoms with E-state index in [1.165, 1.54) is 38.3 Å². The Morgan fingerprint density at radius 2 is 1.70 bits per heavy atom. The summed E-state index contributed by atoms with van der Waals surface area (Å²) >= 11 is 0. The summed E-state index contributed by atoms with van der Waals surface area (Å²) in [5, 5.41) is 8.19. The van der Waals surface area contributed by atoms with Gasteiger partial charge in [0, 0.05) is 69.9 Å². The Bertz CT molecular complexity index is 1770. The topological polar surface area (TPSA) is 125 Å². The number of rotatable bonds is 13. The Morgan fingerprint density at radius 3 is 2.38 bits per heavy atom. The van der Waals surface area contributed by atoms with E-state index in [1.54, 1.807) is 18.2 Å². The van der Waals surface area contributed by atoms with Crippen LogP contribution in [0.3, 0.4) is 0 Å². The van der Waals surface area contributed by atoms with Crippen LogP contribution in [0.1, 0.15) is 74.3 Å². The SMILES string of the molecule is C=CC(=O)Nc1cc(Nc2cc(N3OCC[C@@H]3c3cccc(C(=O)OC(C)CC)c3)ncn2)c(OC)cc1N1CCC(N2CCN(C3CC3)CC2)CC1. The molecule has 3 aromatic rings. The molecule has 0 bridgehead atoms. The third kappa shape index (κ3) is 8.58. The number of nitrogens with one attached hydrogen (secondary N) is 2. The van der Waals surface area contributed by atoms with Crippen LogP contribution in [0.5, 0.6) is 5.75 Å². The molecule has 3 aliphatic heterocycles. The van der Waals surface area contributed by atoms with Crippen molar-refractivity contribution in [3.8, 4) is 5.75 Å². The van der Waals surface area contributed by atoms with Crippen LogP contribution in [0.15, 0.2) is 61.4 Å². The number of methoxy groups -OCH3 is 1. The molecule has 2 N–H and O–H groups in total. The zero-order valence-corrected chi connectivity index (χ0v) is 31.1. The predicted octanol–water partition coefficient (Wildman–Crippen LogP) is 5.94. The average Bonchev–Trinajstić information content (AvgIpc) is 3.93. The van der Waals surface area contributed by atoms with Gasteiger partial charge in [-0.1, -0.05) is 25.6 Å². The van der Waals surface area contributed by atoms with Crippen molar-refractivity contribution in [2.24, 2.45) is 0 Å². The van der Waals surface area contributed by atoms with Crippen molar-refractivity contribution in [3.63, 3.8) is 0 Å². The average molecular weight is 725 g/mol. The number of aromatic nitrogens is 2. The second kappa shape index (κ2) is 16.5. The van der Waals surface area contributed by atoms with Crippen LogP contribution in [0.2, 0.25) is 0 Å². The minimum Gasteiger partial charge on any atom is -0.494 e. The number of nitrogens with zero attached hydrogens (tertiary/aromatic N) is 6. The second-order valence-corrected chi connectivity index (χ2v) is 14.4. The van der Waals surface area contributed by atoms with Crippen LogP contribution < -0.4 is 25.3 Å². The first-order chi connectivity index (χ1) is 25.8. The molecule has 2 atom stereocenters. The molecule has 282 valence electrons. The summed E-state index contributed by atoms with van der Waals surface area (Å²) in [6.45, 7) is 14.5. The van der Waals surface area contributed by atoms with Crippen molar-refractivity contribution in [1.82, 2.24) is 19.8 Å². The van der Waals surface area contributed by atoms with Gasteiger partial charge in [0.2, 0.25) is 5.91 Å². The van der Waals surface area contributed by atoms with Gasteiger partial charge in [0.15, 0.2) is 5.82 Å². The highest BCUT2D eigenvalue weighted by Crippen LogP contribution is 2.41. The molecule has 13 nitrogen and oxygen atoms in total. The molecule has 1 aromatic heterocycles. The Labute approximate surface area is 312 Å². The zero-order valence-electron chi connectivity index (χ0n) is 31.1. The van der Waals surface area contributed by atoms with Gasteiger partial charge < -0.3 is 25.0 Å². The van der Waals surface area contributed by atoms with Gasteiger partial charge in [-0.25, -0.2) is 19.8 Å². The molecule has 4 heterocycles. The number of benzene rings is 2. The van der Waals surface area contributed by atoms with Gasteiger partial charge >= 0.3 is 5.97 Å². The number of esters is 1. The van der Waals surface area contributed by atoms with E-state index in [-0.39, 0.29) is 24.0 Å². The van der Waals surface area contributed by atoms with Crippen LogP contribution in [0.25, 0.3) is 0 Å². The predicted molar refractivity (Wildman–Crippen MR) is 206 cm³/mol. The van der Waals surface area contributed by atoms with Gasteiger partial charge in [-0.2, -0.15) is 0 Å². The third-order valence-electron chi connectivity index (χ3n) is 10.9. The van der Waals surface area contributed by atoms with Crippen molar-refractivity contribution in [3.05, 3.63) is 72.6 Å². The van der Waals surface area contributed by atoms with Gasteiger partial charge in [0.1, 0.15) is 17.9 Å². The molecule has 13 heteroatoms. The number of piperidine rings is 1. The second-order valence-electron chi connectivity index (χ2n) is 14.4. The van der Waals surface area contributed by atoms with Gasteiger partial charge in [-0.05, 0) is 68.9 Å². The summed E-state index contributed by atoms with van der Waals surface area (Å²) in [5.74, 6) is 1.07. The fourth-order valence-corrected chi connectivity index (χ4v) is 7.64. The third-order valence-corrected chi connectivity index (χ3v) is 10.9. The van der Waals surface area contributed by atoms with E-state index < -0.39 is 0 Å². The first-order valence-corrected chi connectivity index (χ1v) is 19.0. The van der Waals surface area contributed by atoms with Crippen molar-refractivity contribution >= 4 is 40.6 Å². The largest absolute Gasteiger partial charge is 0.494 e. The van der Waals surface area contributed by atoms with Crippen molar-refractivity contribution < 1.29 is 23.9 Å². The molecule has 1 aliphatic carbocycles. The number of hydrogen-bond acceptors (Lipinski definition) is 12. The lowest BCUT2D eigenvalue weighted by Crippen LogP contribution is -2.53. The number of piperazine rings is 1. The lowest BCUT2D eigenvalue weighted by atomic mass is 10.0. The van der Waals surface area contributed by atoms with Gasteiger partial charge in [-0.15, -0.1) is 0 Å². The molecule has 0 spiro atoms. The van der Waals surface area contributed by atoms with Crippen molar-refractivity contribution in [2.75, 3.05) is 73.6 Å². The lowest BCUT2D eigenvalue weighted by molar-refractivity contribution is -0.111. The van der Waals surface area contributed by atoms with Crippen LogP contribution in [0, 0.1) is 0 Å². The van der Waals surface area contributed by atoms with E-state index in [2.05, 4.69) is 41.9 Å². The Balaban J connectivity index is 1.07. The Morgan fingerprint density at radius 1 is 0.962 bits per heavy atom. The van der Waals surface area contributed by atoms with Gasteiger partial charge in [0.25, 0.3) is 0 Å². The van der Waals surface area contributed by atoms with Crippen LogP contribution in [-0.4, -0.2) is 103 Å². The number of hydroxylamine groups is 1. The summed E-state index contributed by atoms with van der Waals surface area (Å²) in [5.41, 5.74) is 3.63. The van der Waals surface area contributed by atoms with E-state index in [0.29, 0.717) is 53.4 Å². The molecular formula is C40H52N8O5. The minimum atomic E-state index is -0.342. The van der Waals surface area contributed by atoms with Gasteiger partial charge in [0.05, 0.1) is 48.5 Å². The molecule has 4 aliphatic rings. The van der Waals surface area contributed by atoms with Crippen LogP contribution in [0.4, 0.5) is 28.7 Å². The normalized spacial score (nSPS) is 20.5. The first-order valence-electron chi connectivity index (χ1n) is 19.0. The van der Waals surface area contributed by atoms with Crippen molar-refractivity contribution in [1.29, 1.82) is 0 Å². The maximum Gasteiger partial charge on any atom is 0.338 e. The molecule has 3 saturated heterocycles. The van der Waals surface area contributed by atoms with E-state index in [9.17, 15) is 9.59 Å². The standard InChI is InChI=1S/C40H52N8O5/c1-5-27(3)53-40(50)29-9-7-8-28(22-29)34-14-21-52-48(34)38-25-37(41-26-42-38)43-33-23-32(44-39(49)6-2)35(24-36(33)51-4)47-15-12-31(13-16-47)46-19-17-45(18-20-46)30-10-11-30/h6-9,22-27,30-31,34H,2,5,10-21H2,1,3-4H3,(H,44,49)(H,41,42,43)/t27?,34-/m1/s1. The molecule has 1 amide bonds. The minimum absolute atomic E-state index is 0.158. The smallest absolute Gasteiger partial charge is 0.338 e.